The predicted molar refractivity (Wildman–Crippen MR) is 72.9 cm³/mol. The third kappa shape index (κ3) is 1.87. The summed E-state index contributed by atoms with van der Waals surface area (Å²) in [7, 11) is 3.46. The van der Waals surface area contributed by atoms with Gasteiger partial charge in [-0.05, 0) is 19.8 Å². The zero-order valence-corrected chi connectivity index (χ0v) is 12.0. The molecule has 0 aromatic carbocycles. The predicted octanol–water partition coefficient (Wildman–Crippen LogP) is 2.38. The van der Waals surface area contributed by atoms with E-state index in [1.54, 1.807) is 11.8 Å². The Morgan fingerprint density at radius 2 is 2.16 bits per heavy atom. The molecular formula is C13H15N3O2S. The molecule has 0 aliphatic heterocycles. The second-order valence-electron chi connectivity index (χ2n) is 4.66. The van der Waals surface area contributed by atoms with E-state index in [1.807, 2.05) is 14.0 Å². The molecule has 0 bridgehead atoms. The molecule has 6 heteroatoms. The van der Waals surface area contributed by atoms with Gasteiger partial charge in [-0.2, -0.15) is 5.10 Å². The van der Waals surface area contributed by atoms with Crippen molar-refractivity contribution >= 4 is 17.1 Å². The van der Waals surface area contributed by atoms with Crippen molar-refractivity contribution in [1.82, 2.24) is 14.8 Å². The summed E-state index contributed by atoms with van der Waals surface area (Å²) in [6.07, 6.45) is 2.43. The number of hydrogen-bond donors (Lipinski definition) is 0. The van der Waals surface area contributed by atoms with E-state index < -0.39 is 0 Å². The Morgan fingerprint density at radius 1 is 1.37 bits per heavy atom. The van der Waals surface area contributed by atoms with Crippen LogP contribution in [0.4, 0.5) is 0 Å². The standard InChI is InChI=1S/C13H15N3O2S/c1-7-10(13(18-3)16(2)15-7)12-14-8-5-4-6-9(17)11(8)19-12/h4-6H2,1-3H3. The van der Waals surface area contributed by atoms with Gasteiger partial charge in [-0.25, -0.2) is 9.67 Å². The van der Waals surface area contributed by atoms with Crippen LogP contribution < -0.4 is 4.74 Å². The van der Waals surface area contributed by atoms with Gasteiger partial charge in [0.1, 0.15) is 5.01 Å². The number of ketones is 1. The molecular weight excluding hydrogens is 262 g/mol. The molecule has 1 aliphatic carbocycles. The summed E-state index contributed by atoms with van der Waals surface area (Å²) < 4.78 is 7.09. The van der Waals surface area contributed by atoms with Gasteiger partial charge in [-0.15, -0.1) is 11.3 Å². The van der Waals surface area contributed by atoms with Crippen LogP contribution in [0.1, 0.15) is 33.9 Å². The van der Waals surface area contributed by atoms with Crippen molar-refractivity contribution in [3.05, 3.63) is 16.3 Å². The van der Waals surface area contributed by atoms with Crippen molar-refractivity contribution in [1.29, 1.82) is 0 Å². The maximum atomic E-state index is 11.9. The van der Waals surface area contributed by atoms with Gasteiger partial charge in [0.25, 0.3) is 0 Å². The topological polar surface area (TPSA) is 57.0 Å². The lowest BCUT2D eigenvalue weighted by atomic mass is 10.0. The highest BCUT2D eigenvalue weighted by Gasteiger charge is 2.26. The molecule has 0 unspecified atom stereocenters. The van der Waals surface area contributed by atoms with Crippen LogP contribution in [0, 0.1) is 6.92 Å². The average Bonchev–Trinajstić information content (AvgIpc) is 2.90. The zero-order chi connectivity index (χ0) is 13.6. The molecule has 0 amide bonds. The molecule has 100 valence electrons. The lowest BCUT2D eigenvalue weighted by Crippen LogP contribution is -2.07. The van der Waals surface area contributed by atoms with E-state index in [2.05, 4.69) is 10.1 Å². The van der Waals surface area contributed by atoms with Crippen molar-refractivity contribution in [2.75, 3.05) is 7.11 Å². The highest BCUT2D eigenvalue weighted by molar-refractivity contribution is 7.17. The lowest BCUT2D eigenvalue weighted by Gasteiger charge is -2.06. The number of ether oxygens (including phenoxy) is 1. The van der Waals surface area contributed by atoms with Crippen molar-refractivity contribution in [3.8, 4) is 16.5 Å². The Kier molecular flexibility index (Phi) is 2.89. The van der Waals surface area contributed by atoms with Crippen LogP contribution >= 0.6 is 11.3 Å². The van der Waals surface area contributed by atoms with Crippen LogP contribution in [0.5, 0.6) is 5.88 Å². The summed E-state index contributed by atoms with van der Waals surface area (Å²) in [4.78, 5) is 17.3. The van der Waals surface area contributed by atoms with Crippen molar-refractivity contribution in [2.45, 2.75) is 26.2 Å². The summed E-state index contributed by atoms with van der Waals surface area (Å²) in [6.45, 7) is 1.93. The molecule has 0 atom stereocenters. The van der Waals surface area contributed by atoms with Crippen LogP contribution in [-0.4, -0.2) is 27.7 Å². The Hall–Kier alpha value is -1.69. The molecule has 0 N–H and O–H groups in total. The average molecular weight is 277 g/mol. The van der Waals surface area contributed by atoms with E-state index in [0.717, 1.165) is 39.7 Å². The number of fused-ring (bicyclic) bond motifs is 1. The first-order chi connectivity index (χ1) is 9.11. The number of rotatable bonds is 2. The first-order valence-electron chi connectivity index (χ1n) is 6.22. The number of aromatic nitrogens is 3. The Labute approximate surface area is 115 Å². The summed E-state index contributed by atoms with van der Waals surface area (Å²) >= 11 is 1.46. The highest BCUT2D eigenvalue weighted by Crippen LogP contribution is 2.38. The van der Waals surface area contributed by atoms with Gasteiger partial charge in [0.15, 0.2) is 5.78 Å². The largest absolute Gasteiger partial charge is 0.481 e. The van der Waals surface area contributed by atoms with Gasteiger partial charge in [-0.3, -0.25) is 4.79 Å². The summed E-state index contributed by atoms with van der Waals surface area (Å²) in [5, 5.41) is 5.19. The second kappa shape index (κ2) is 4.45. The van der Waals surface area contributed by atoms with E-state index in [0.29, 0.717) is 12.3 Å². The quantitative estimate of drug-likeness (QED) is 0.845. The van der Waals surface area contributed by atoms with Gasteiger partial charge < -0.3 is 4.74 Å². The normalized spacial score (nSPS) is 14.6. The zero-order valence-electron chi connectivity index (χ0n) is 11.2. The Morgan fingerprint density at radius 3 is 2.84 bits per heavy atom. The molecule has 0 fully saturated rings. The minimum Gasteiger partial charge on any atom is -0.481 e. The molecule has 0 radical (unpaired) electrons. The number of carbonyl (C=O) groups excluding carboxylic acids is 1. The van der Waals surface area contributed by atoms with Crippen molar-refractivity contribution in [3.63, 3.8) is 0 Å². The van der Waals surface area contributed by atoms with Gasteiger partial charge in [0.05, 0.1) is 28.9 Å². The fourth-order valence-electron chi connectivity index (χ4n) is 2.49. The number of aryl methyl sites for hydroxylation is 3. The van der Waals surface area contributed by atoms with Crippen LogP contribution in [-0.2, 0) is 13.5 Å². The molecule has 5 nitrogen and oxygen atoms in total. The van der Waals surface area contributed by atoms with Crippen molar-refractivity contribution in [2.24, 2.45) is 7.05 Å². The lowest BCUT2D eigenvalue weighted by molar-refractivity contribution is 0.0976. The third-order valence-corrected chi connectivity index (χ3v) is 4.50. The van der Waals surface area contributed by atoms with Gasteiger partial charge >= 0.3 is 0 Å². The van der Waals surface area contributed by atoms with Gasteiger partial charge in [0.2, 0.25) is 5.88 Å². The molecule has 1 aliphatic rings. The van der Waals surface area contributed by atoms with Crippen molar-refractivity contribution < 1.29 is 9.53 Å². The van der Waals surface area contributed by atoms with Crippen LogP contribution in [0.3, 0.4) is 0 Å². The number of carbonyl (C=O) groups is 1. The number of hydrogen-bond acceptors (Lipinski definition) is 5. The van der Waals surface area contributed by atoms with Gasteiger partial charge in [-0.1, -0.05) is 0 Å². The minimum absolute atomic E-state index is 0.213. The second-order valence-corrected chi connectivity index (χ2v) is 5.66. The van der Waals surface area contributed by atoms with E-state index in [1.165, 1.54) is 11.3 Å². The molecule has 2 aromatic heterocycles. The van der Waals surface area contributed by atoms with E-state index in [-0.39, 0.29) is 5.78 Å². The summed E-state index contributed by atoms with van der Waals surface area (Å²) in [6, 6.07) is 0. The molecule has 0 spiro atoms. The highest BCUT2D eigenvalue weighted by atomic mass is 32.1. The number of Topliss-reactive ketones (excluding diaryl/α,β-unsaturated/α-hetero) is 1. The minimum atomic E-state index is 0.213. The van der Waals surface area contributed by atoms with E-state index in [4.69, 9.17) is 4.74 Å². The van der Waals surface area contributed by atoms with Crippen LogP contribution in [0.25, 0.3) is 10.6 Å². The van der Waals surface area contributed by atoms with Crippen LogP contribution in [0.2, 0.25) is 0 Å². The maximum absolute atomic E-state index is 11.9. The fourth-order valence-corrected chi connectivity index (χ4v) is 3.66. The Balaban J connectivity index is 2.15. The van der Waals surface area contributed by atoms with E-state index in [9.17, 15) is 4.79 Å². The first-order valence-corrected chi connectivity index (χ1v) is 7.04. The molecule has 3 rings (SSSR count). The smallest absolute Gasteiger partial charge is 0.222 e. The maximum Gasteiger partial charge on any atom is 0.222 e. The Bertz CT molecular complexity index is 657. The molecule has 0 saturated carbocycles. The molecule has 0 saturated heterocycles. The number of thiazole rings is 1. The molecule has 2 heterocycles. The first kappa shape index (κ1) is 12.3. The molecule has 19 heavy (non-hydrogen) atoms. The van der Waals surface area contributed by atoms with E-state index >= 15 is 0 Å². The monoisotopic (exact) mass is 277 g/mol. The summed E-state index contributed by atoms with van der Waals surface area (Å²) in [5.41, 5.74) is 2.71. The summed E-state index contributed by atoms with van der Waals surface area (Å²) in [5.74, 6) is 0.904. The molecule has 2 aromatic rings. The SMILES string of the molecule is COc1c(-c2nc3c(s2)C(=O)CCC3)c(C)nn1C. The number of nitrogens with zero attached hydrogens (tertiary/aromatic N) is 3. The van der Waals surface area contributed by atoms with Gasteiger partial charge in [0, 0.05) is 13.5 Å². The van der Waals surface area contributed by atoms with Crippen LogP contribution in [0.15, 0.2) is 0 Å². The third-order valence-electron chi connectivity index (χ3n) is 3.34. The number of methoxy groups -OCH3 is 1. The fraction of sp³-hybridized carbons (Fsp3) is 0.462.